The zero-order chi connectivity index (χ0) is 17.5. The Labute approximate surface area is 152 Å². The van der Waals surface area contributed by atoms with Gasteiger partial charge in [0.25, 0.3) is 0 Å². The molecule has 1 aliphatic rings. The first-order valence-corrected chi connectivity index (χ1v) is 9.76. The molecule has 2 aromatic rings. The number of rotatable bonds is 6. The fourth-order valence-corrected chi connectivity index (χ4v) is 3.93. The number of anilines is 1. The van der Waals surface area contributed by atoms with Gasteiger partial charge in [0.15, 0.2) is 0 Å². The van der Waals surface area contributed by atoms with E-state index in [1.807, 2.05) is 41.3 Å². The Morgan fingerprint density at radius 2 is 1.84 bits per heavy atom. The highest BCUT2D eigenvalue weighted by molar-refractivity contribution is 7.09. The molecule has 0 aliphatic carbocycles. The molecule has 4 nitrogen and oxygen atoms in total. The van der Waals surface area contributed by atoms with Crippen molar-refractivity contribution in [2.24, 2.45) is 5.92 Å². The Bertz CT molecular complexity index is 677. The number of likely N-dealkylation sites (tertiary alicyclic amines) is 1. The normalized spacial score (nSPS) is 15.1. The van der Waals surface area contributed by atoms with Crippen LogP contribution in [0.5, 0.6) is 0 Å². The summed E-state index contributed by atoms with van der Waals surface area (Å²) in [5.41, 5.74) is 0.833. The highest BCUT2D eigenvalue weighted by Crippen LogP contribution is 2.21. The number of para-hydroxylation sites is 1. The van der Waals surface area contributed by atoms with Crippen molar-refractivity contribution in [2.75, 3.05) is 18.4 Å². The molecule has 0 spiro atoms. The molecule has 25 heavy (non-hydrogen) atoms. The lowest BCUT2D eigenvalue weighted by Crippen LogP contribution is -2.41. The van der Waals surface area contributed by atoms with E-state index in [1.165, 1.54) is 4.88 Å². The van der Waals surface area contributed by atoms with E-state index in [0.29, 0.717) is 19.5 Å². The van der Waals surface area contributed by atoms with Crippen molar-refractivity contribution in [3.8, 4) is 0 Å². The first kappa shape index (κ1) is 17.7. The Balaban J connectivity index is 1.38. The summed E-state index contributed by atoms with van der Waals surface area (Å²) in [5, 5.41) is 5.04. The lowest BCUT2D eigenvalue weighted by Gasteiger charge is -2.31. The van der Waals surface area contributed by atoms with Crippen LogP contribution in [-0.4, -0.2) is 29.8 Å². The van der Waals surface area contributed by atoms with E-state index < -0.39 is 0 Å². The minimum atomic E-state index is -0.00428. The lowest BCUT2D eigenvalue weighted by molar-refractivity contribution is -0.134. The molecular formula is C20H24N2O2S. The van der Waals surface area contributed by atoms with Crippen LogP contribution in [-0.2, 0) is 16.0 Å². The van der Waals surface area contributed by atoms with E-state index in [9.17, 15) is 9.59 Å². The number of piperidine rings is 1. The molecule has 0 radical (unpaired) electrons. The first-order valence-electron chi connectivity index (χ1n) is 8.88. The van der Waals surface area contributed by atoms with Crippen molar-refractivity contribution < 1.29 is 9.59 Å². The summed E-state index contributed by atoms with van der Waals surface area (Å²) in [6, 6.07) is 13.7. The molecule has 1 aromatic heterocycles. The number of carbonyl (C=O) groups is 2. The molecule has 2 heterocycles. The molecular weight excluding hydrogens is 332 g/mol. The van der Waals surface area contributed by atoms with Crippen LogP contribution in [0.1, 0.15) is 30.6 Å². The van der Waals surface area contributed by atoms with Gasteiger partial charge < -0.3 is 10.2 Å². The van der Waals surface area contributed by atoms with Gasteiger partial charge in [0, 0.05) is 36.0 Å². The minimum absolute atomic E-state index is 0.00428. The Kier molecular flexibility index (Phi) is 6.23. The summed E-state index contributed by atoms with van der Waals surface area (Å²) in [5.74, 6) is 0.282. The fraction of sp³-hybridized carbons (Fsp3) is 0.400. The Hall–Kier alpha value is -2.14. The third-order valence-electron chi connectivity index (χ3n) is 4.65. The van der Waals surface area contributed by atoms with Gasteiger partial charge in [0.05, 0.1) is 0 Å². The van der Waals surface area contributed by atoms with Crippen LogP contribution >= 0.6 is 11.3 Å². The molecule has 132 valence electrons. The quantitative estimate of drug-likeness (QED) is 0.852. The standard InChI is InChI=1S/C20H24N2O2S/c23-19(10-4-8-18-9-5-15-25-18)22-13-11-16(12-14-22)20(24)21-17-6-2-1-3-7-17/h1-3,5-7,9,15-16H,4,8,10-14H2,(H,21,24). The molecule has 0 unspecified atom stereocenters. The summed E-state index contributed by atoms with van der Waals surface area (Å²) in [6.45, 7) is 1.37. The van der Waals surface area contributed by atoms with Gasteiger partial charge >= 0.3 is 0 Å². The first-order chi connectivity index (χ1) is 12.2. The molecule has 3 rings (SSSR count). The van der Waals surface area contributed by atoms with Gasteiger partial charge in [-0.1, -0.05) is 24.3 Å². The van der Waals surface area contributed by atoms with Crippen molar-refractivity contribution in [3.63, 3.8) is 0 Å². The molecule has 1 aromatic carbocycles. The molecule has 0 atom stereocenters. The third kappa shape index (κ3) is 5.16. The summed E-state index contributed by atoms with van der Waals surface area (Å²) in [4.78, 5) is 27.9. The lowest BCUT2D eigenvalue weighted by atomic mass is 9.95. The number of nitrogens with zero attached hydrogens (tertiary/aromatic N) is 1. The summed E-state index contributed by atoms with van der Waals surface area (Å²) in [7, 11) is 0. The van der Waals surface area contributed by atoms with Crippen LogP contribution in [0.25, 0.3) is 0 Å². The molecule has 1 aliphatic heterocycles. The molecule has 1 N–H and O–H groups in total. The van der Waals surface area contributed by atoms with Crippen molar-refractivity contribution in [1.82, 2.24) is 4.90 Å². The van der Waals surface area contributed by atoms with E-state index in [-0.39, 0.29) is 17.7 Å². The van der Waals surface area contributed by atoms with Gasteiger partial charge in [0.1, 0.15) is 0 Å². The summed E-state index contributed by atoms with van der Waals surface area (Å²) in [6.07, 6.45) is 3.95. The van der Waals surface area contributed by atoms with Gasteiger partial charge in [0.2, 0.25) is 11.8 Å². The second kappa shape index (κ2) is 8.81. The van der Waals surface area contributed by atoms with Crippen LogP contribution in [0.3, 0.4) is 0 Å². The number of hydrogen-bond donors (Lipinski definition) is 1. The number of benzene rings is 1. The average molecular weight is 356 g/mol. The fourth-order valence-electron chi connectivity index (χ4n) is 3.18. The molecule has 0 saturated carbocycles. The van der Waals surface area contributed by atoms with E-state index in [4.69, 9.17) is 0 Å². The predicted octanol–water partition coefficient (Wildman–Crippen LogP) is 3.95. The minimum Gasteiger partial charge on any atom is -0.343 e. The van der Waals surface area contributed by atoms with Crippen molar-refractivity contribution in [2.45, 2.75) is 32.1 Å². The SMILES string of the molecule is O=C(Nc1ccccc1)C1CCN(C(=O)CCCc2cccs2)CC1. The van der Waals surface area contributed by atoms with Gasteiger partial charge in [-0.3, -0.25) is 9.59 Å². The number of thiophene rings is 1. The predicted molar refractivity (Wildman–Crippen MR) is 102 cm³/mol. The zero-order valence-electron chi connectivity index (χ0n) is 14.3. The van der Waals surface area contributed by atoms with Gasteiger partial charge in [-0.05, 0) is 49.3 Å². The third-order valence-corrected chi connectivity index (χ3v) is 5.59. The number of amides is 2. The van der Waals surface area contributed by atoms with Crippen molar-refractivity contribution >= 4 is 28.8 Å². The molecule has 1 saturated heterocycles. The Morgan fingerprint density at radius 1 is 1.08 bits per heavy atom. The summed E-state index contributed by atoms with van der Waals surface area (Å²) >= 11 is 1.74. The molecule has 1 fully saturated rings. The molecule has 2 amide bonds. The van der Waals surface area contributed by atoms with Gasteiger partial charge in [-0.25, -0.2) is 0 Å². The number of aryl methyl sites for hydroxylation is 1. The largest absolute Gasteiger partial charge is 0.343 e. The average Bonchev–Trinajstić information content (AvgIpc) is 3.16. The van der Waals surface area contributed by atoms with Crippen LogP contribution in [0.15, 0.2) is 47.8 Å². The van der Waals surface area contributed by atoms with Crippen LogP contribution in [0.2, 0.25) is 0 Å². The van der Waals surface area contributed by atoms with E-state index in [2.05, 4.69) is 16.8 Å². The maximum absolute atomic E-state index is 12.3. The Morgan fingerprint density at radius 3 is 2.52 bits per heavy atom. The van der Waals surface area contributed by atoms with Crippen LogP contribution < -0.4 is 5.32 Å². The van der Waals surface area contributed by atoms with Gasteiger partial charge in [-0.2, -0.15) is 0 Å². The van der Waals surface area contributed by atoms with Crippen LogP contribution in [0.4, 0.5) is 5.69 Å². The topological polar surface area (TPSA) is 49.4 Å². The second-order valence-corrected chi connectivity index (χ2v) is 7.48. The number of carbonyl (C=O) groups excluding carboxylic acids is 2. The van der Waals surface area contributed by atoms with Crippen molar-refractivity contribution in [3.05, 3.63) is 52.7 Å². The van der Waals surface area contributed by atoms with E-state index >= 15 is 0 Å². The van der Waals surface area contributed by atoms with Crippen LogP contribution in [0, 0.1) is 5.92 Å². The summed E-state index contributed by atoms with van der Waals surface area (Å²) < 4.78 is 0. The van der Waals surface area contributed by atoms with E-state index in [0.717, 1.165) is 31.4 Å². The zero-order valence-corrected chi connectivity index (χ0v) is 15.1. The highest BCUT2D eigenvalue weighted by Gasteiger charge is 2.27. The molecule has 5 heteroatoms. The number of hydrogen-bond acceptors (Lipinski definition) is 3. The van der Waals surface area contributed by atoms with Gasteiger partial charge in [-0.15, -0.1) is 11.3 Å². The maximum atomic E-state index is 12.3. The smallest absolute Gasteiger partial charge is 0.227 e. The second-order valence-electron chi connectivity index (χ2n) is 6.44. The highest BCUT2D eigenvalue weighted by atomic mass is 32.1. The number of nitrogens with one attached hydrogen (secondary N) is 1. The molecule has 0 bridgehead atoms. The monoisotopic (exact) mass is 356 g/mol. The van der Waals surface area contributed by atoms with Crippen molar-refractivity contribution in [1.29, 1.82) is 0 Å². The maximum Gasteiger partial charge on any atom is 0.227 e. The van der Waals surface area contributed by atoms with E-state index in [1.54, 1.807) is 11.3 Å².